The molecular formula is C16H13ClFN3O2. The zero-order chi connectivity index (χ0) is 16.6. The number of nitrogens with zero attached hydrogens (tertiary/aromatic N) is 2. The molecule has 0 aliphatic carbocycles. The highest BCUT2D eigenvalue weighted by Crippen LogP contribution is 2.24. The predicted octanol–water partition coefficient (Wildman–Crippen LogP) is 3.75. The smallest absolute Gasteiger partial charge is 0.355 e. The highest BCUT2D eigenvalue weighted by atomic mass is 35.5. The van der Waals surface area contributed by atoms with Crippen LogP contribution < -0.4 is 5.32 Å². The molecule has 0 saturated heterocycles. The number of anilines is 1. The van der Waals surface area contributed by atoms with Gasteiger partial charge < -0.3 is 10.4 Å². The Hall–Kier alpha value is -2.60. The number of fused-ring (bicyclic) bond motifs is 1. The number of pyridine rings is 1. The number of carboxylic acid groups (broad SMARTS) is 1. The van der Waals surface area contributed by atoms with Crippen LogP contribution in [0.25, 0.3) is 5.65 Å². The Kier molecular flexibility index (Phi) is 3.92. The zero-order valence-electron chi connectivity index (χ0n) is 12.2. The van der Waals surface area contributed by atoms with Gasteiger partial charge in [-0.2, -0.15) is 0 Å². The monoisotopic (exact) mass is 333 g/mol. The van der Waals surface area contributed by atoms with Crippen LogP contribution in [0.4, 0.5) is 10.1 Å². The summed E-state index contributed by atoms with van der Waals surface area (Å²) in [7, 11) is 0. The molecule has 2 heterocycles. The summed E-state index contributed by atoms with van der Waals surface area (Å²) in [6, 6.07) is 6.51. The molecule has 5 nitrogen and oxygen atoms in total. The molecule has 0 saturated carbocycles. The molecule has 0 aliphatic heterocycles. The van der Waals surface area contributed by atoms with E-state index in [0.717, 1.165) is 0 Å². The maximum absolute atomic E-state index is 14.2. The molecule has 0 atom stereocenters. The second-order valence-electron chi connectivity index (χ2n) is 5.07. The highest BCUT2D eigenvalue weighted by Gasteiger charge is 2.16. The molecule has 0 unspecified atom stereocenters. The van der Waals surface area contributed by atoms with Gasteiger partial charge in [-0.15, -0.1) is 0 Å². The maximum Gasteiger partial charge on any atom is 0.355 e. The third-order valence-corrected chi connectivity index (χ3v) is 3.96. The van der Waals surface area contributed by atoms with Gasteiger partial charge in [0, 0.05) is 29.5 Å². The number of hydrogen-bond acceptors (Lipinski definition) is 3. The first-order valence-corrected chi connectivity index (χ1v) is 7.23. The van der Waals surface area contributed by atoms with E-state index in [0.29, 0.717) is 27.5 Å². The molecule has 3 aromatic rings. The van der Waals surface area contributed by atoms with Crippen LogP contribution in [0.3, 0.4) is 0 Å². The second kappa shape index (κ2) is 5.89. The van der Waals surface area contributed by atoms with Crippen molar-refractivity contribution < 1.29 is 14.3 Å². The van der Waals surface area contributed by atoms with Gasteiger partial charge in [-0.1, -0.05) is 17.7 Å². The second-order valence-corrected chi connectivity index (χ2v) is 5.47. The van der Waals surface area contributed by atoms with E-state index in [2.05, 4.69) is 10.3 Å². The first-order chi connectivity index (χ1) is 11.0. The summed E-state index contributed by atoms with van der Waals surface area (Å²) in [5, 5.41) is 12.7. The molecular weight excluding hydrogens is 321 g/mol. The summed E-state index contributed by atoms with van der Waals surface area (Å²) in [6.07, 6.45) is 3.08. The van der Waals surface area contributed by atoms with Gasteiger partial charge >= 0.3 is 5.97 Å². The average Bonchev–Trinajstić information content (AvgIpc) is 2.98. The van der Waals surface area contributed by atoms with Gasteiger partial charge in [0.15, 0.2) is 5.69 Å². The van der Waals surface area contributed by atoms with E-state index in [4.69, 9.17) is 11.6 Å². The summed E-state index contributed by atoms with van der Waals surface area (Å²) in [6.45, 7) is 1.72. The number of hydrogen-bond donors (Lipinski definition) is 2. The minimum Gasteiger partial charge on any atom is -0.476 e. The number of aromatic nitrogens is 2. The van der Waals surface area contributed by atoms with Crippen LogP contribution in [0.2, 0.25) is 5.02 Å². The van der Waals surface area contributed by atoms with Crippen molar-refractivity contribution in [1.29, 1.82) is 0 Å². The lowest BCUT2D eigenvalue weighted by Gasteiger charge is -2.13. The quantitative estimate of drug-likeness (QED) is 0.763. The van der Waals surface area contributed by atoms with E-state index >= 15 is 0 Å². The SMILES string of the molecule is Cc1ccc(Cl)c(CNc2ccc3nccn3c2C(=O)O)c1F. The van der Waals surface area contributed by atoms with Gasteiger partial charge in [-0.05, 0) is 30.7 Å². The lowest BCUT2D eigenvalue weighted by atomic mass is 10.1. The molecule has 0 aliphatic rings. The number of benzene rings is 1. The molecule has 0 radical (unpaired) electrons. The van der Waals surface area contributed by atoms with Crippen LogP contribution in [0.1, 0.15) is 21.6 Å². The van der Waals surface area contributed by atoms with Crippen LogP contribution in [-0.4, -0.2) is 20.5 Å². The van der Waals surface area contributed by atoms with Crippen LogP contribution in [0.5, 0.6) is 0 Å². The predicted molar refractivity (Wildman–Crippen MR) is 85.6 cm³/mol. The summed E-state index contributed by atoms with van der Waals surface area (Å²) in [5.74, 6) is -1.50. The van der Waals surface area contributed by atoms with Crippen molar-refractivity contribution in [3.05, 3.63) is 64.3 Å². The fraction of sp³-hybridized carbons (Fsp3) is 0.125. The number of carboxylic acids is 1. The van der Waals surface area contributed by atoms with E-state index < -0.39 is 11.8 Å². The minimum absolute atomic E-state index is 0.0317. The van der Waals surface area contributed by atoms with Gasteiger partial charge in [0.1, 0.15) is 11.5 Å². The van der Waals surface area contributed by atoms with Crippen LogP contribution in [0, 0.1) is 12.7 Å². The molecule has 7 heteroatoms. The molecule has 2 aromatic heterocycles. The van der Waals surface area contributed by atoms with Crippen molar-refractivity contribution in [3.8, 4) is 0 Å². The van der Waals surface area contributed by atoms with Gasteiger partial charge in [0.05, 0.1) is 5.69 Å². The largest absolute Gasteiger partial charge is 0.476 e. The minimum atomic E-state index is -1.10. The third-order valence-electron chi connectivity index (χ3n) is 3.60. The van der Waals surface area contributed by atoms with Crippen molar-refractivity contribution in [2.75, 3.05) is 5.32 Å². The average molecular weight is 334 g/mol. The Labute approximate surface area is 136 Å². The fourth-order valence-electron chi connectivity index (χ4n) is 2.42. The van der Waals surface area contributed by atoms with Crippen molar-refractivity contribution in [3.63, 3.8) is 0 Å². The van der Waals surface area contributed by atoms with Crippen molar-refractivity contribution in [2.45, 2.75) is 13.5 Å². The lowest BCUT2D eigenvalue weighted by molar-refractivity contribution is 0.0690. The summed E-state index contributed by atoms with van der Waals surface area (Å²) < 4.78 is 15.6. The Balaban J connectivity index is 1.98. The zero-order valence-corrected chi connectivity index (χ0v) is 12.9. The van der Waals surface area contributed by atoms with Crippen LogP contribution in [-0.2, 0) is 6.54 Å². The lowest BCUT2D eigenvalue weighted by Crippen LogP contribution is -2.12. The first kappa shape index (κ1) is 15.3. The normalized spacial score (nSPS) is 10.9. The number of aryl methyl sites for hydroxylation is 1. The molecule has 0 fully saturated rings. The number of nitrogens with one attached hydrogen (secondary N) is 1. The summed E-state index contributed by atoms with van der Waals surface area (Å²) in [5.41, 5.74) is 1.69. The van der Waals surface area contributed by atoms with Gasteiger partial charge in [-0.25, -0.2) is 14.2 Å². The maximum atomic E-state index is 14.2. The standard InChI is InChI=1S/C16H13ClFN3O2/c1-9-2-3-11(17)10(14(9)18)8-20-12-4-5-13-19-6-7-21(13)15(12)16(22)23/h2-7,20H,8H2,1H3,(H,22,23). The number of rotatable bonds is 4. The van der Waals surface area contributed by atoms with E-state index in [1.54, 1.807) is 37.4 Å². The van der Waals surface area contributed by atoms with Crippen LogP contribution >= 0.6 is 11.6 Å². The van der Waals surface area contributed by atoms with E-state index in [-0.39, 0.29) is 12.2 Å². The fourth-order valence-corrected chi connectivity index (χ4v) is 2.63. The molecule has 0 amide bonds. The van der Waals surface area contributed by atoms with E-state index in [1.807, 2.05) is 0 Å². The third kappa shape index (κ3) is 2.73. The van der Waals surface area contributed by atoms with E-state index in [1.165, 1.54) is 10.6 Å². The van der Waals surface area contributed by atoms with Gasteiger partial charge in [0.2, 0.25) is 0 Å². The number of halogens is 2. The summed E-state index contributed by atoms with van der Waals surface area (Å²) >= 11 is 6.04. The Bertz CT molecular complexity index is 908. The number of imidazole rings is 1. The topological polar surface area (TPSA) is 66.6 Å². The first-order valence-electron chi connectivity index (χ1n) is 6.85. The van der Waals surface area contributed by atoms with Crippen molar-refractivity contribution in [2.24, 2.45) is 0 Å². The van der Waals surface area contributed by atoms with Crippen molar-refractivity contribution >= 4 is 28.9 Å². The number of aromatic carboxylic acids is 1. The van der Waals surface area contributed by atoms with Gasteiger partial charge in [0.25, 0.3) is 0 Å². The molecule has 23 heavy (non-hydrogen) atoms. The van der Waals surface area contributed by atoms with Crippen molar-refractivity contribution in [1.82, 2.24) is 9.38 Å². The Morgan fingerprint density at radius 1 is 1.39 bits per heavy atom. The number of carbonyl (C=O) groups is 1. The molecule has 2 N–H and O–H groups in total. The highest BCUT2D eigenvalue weighted by molar-refractivity contribution is 6.31. The molecule has 0 spiro atoms. The summed E-state index contributed by atoms with van der Waals surface area (Å²) in [4.78, 5) is 15.6. The molecule has 3 rings (SSSR count). The Morgan fingerprint density at radius 2 is 2.17 bits per heavy atom. The van der Waals surface area contributed by atoms with Gasteiger partial charge in [-0.3, -0.25) is 4.40 Å². The molecule has 118 valence electrons. The van der Waals surface area contributed by atoms with Crippen LogP contribution in [0.15, 0.2) is 36.7 Å². The molecule has 1 aromatic carbocycles. The van der Waals surface area contributed by atoms with E-state index in [9.17, 15) is 14.3 Å². The Morgan fingerprint density at radius 3 is 2.91 bits per heavy atom. The molecule has 0 bridgehead atoms.